The predicted molar refractivity (Wildman–Crippen MR) is 61.1 cm³/mol. The highest BCUT2D eigenvalue weighted by Gasteiger charge is 2.39. The third kappa shape index (κ3) is 2.77. The zero-order valence-corrected chi connectivity index (χ0v) is 9.88. The molecule has 1 aliphatic rings. The highest BCUT2D eigenvalue weighted by Crippen LogP contribution is 2.38. The summed E-state index contributed by atoms with van der Waals surface area (Å²) in [6.45, 7) is 2.13. The molecule has 0 bridgehead atoms. The van der Waals surface area contributed by atoms with E-state index in [0.29, 0.717) is 0 Å². The molecule has 0 aliphatic carbocycles. The summed E-state index contributed by atoms with van der Waals surface area (Å²) in [7, 11) is 1.67. The van der Waals surface area contributed by atoms with Crippen molar-refractivity contribution in [1.29, 1.82) is 0 Å². The molecule has 1 rings (SSSR count). The molecule has 15 heavy (non-hydrogen) atoms. The predicted octanol–water partition coefficient (Wildman–Crippen LogP) is 0.477. The van der Waals surface area contributed by atoms with Gasteiger partial charge >= 0.3 is 0 Å². The van der Waals surface area contributed by atoms with Gasteiger partial charge in [0.05, 0.1) is 11.3 Å². The summed E-state index contributed by atoms with van der Waals surface area (Å²) >= 11 is 1.68. The second-order valence-electron chi connectivity index (χ2n) is 3.94. The Balaban J connectivity index is 2.59. The van der Waals surface area contributed by atoms with Gasteiger partial charge in [0, 0.05) is 7.05 Å². The minimum absolute atomic E-state index is 0.0524. The number of carbonyl (C=O) groups excluding carboxylic acids is 1. The number of nitrogens with zero attached hydrogens (tertiary/aromatic N) is 2. The van der Waals surface area contributed by atoms with Crippen LogP contribution in [-0.2, 0) is 4.79 Å². The summed E-state index contributed by atoms with van der Waals surface area (Å²) in [4.78, 5) is 13.5. The molecule has 1 fully saturated rings. The zero-order valence-electron chi connectivity index (χ0n) is 9.06. The van der Waals surface area contributed by atoms with Crippen LogP contribution in [-0.4, -0.2) is 45.9 Å². The molecule has 0 aromatic heterocycles. The highest BCUT2D eigenvalue weighted by atomic mass is 32.2. The zero-order chi connectivity index (χ0) is 11.5. The van der Waals surface area contributed by atoms with E-state index in [-0.39, 0.29) is 23.0 Å². The second kappa shape index (κ2) is 4.74. The maximum atomic E-state index is 12.0. The van der Waals surface area contributed by atoms with E-state index < -0.39 is 0 Å². The molecule has 1 atom stereocenters. The van der Waals surface area contributed by atoms with Crippen molar-refractivity contribution in [3.8, 4) is 0 Å². The molecule has 0 saturated carbocycles. The molecule has 5 nitrogen and oxygen atoms in total. The average molecular weight is 231 g/mol. The Hall–Kier alpha value is -0.910. The summed E-state index contributed by atoms with van der Waals surface area (Å²) in [5, 5.41) is 11.3. The SMILES string of the molecule is CN(CC(N)=NO)C(=O)C1(C)CCCS1. The summed E-state index contributed by atoms with van der Waals surface area (Å²) in [6, 6.07) is 0. The standard InChI is InChI=1S/C9H17N3O2S/c1-9(4-3-5-15-9)8(13)12(2)6-7(10)11-14/h14H,3-6H2,1-2H3,(H2,10,11). The molecule has 1 unspecified atom stereocenters. The number of carbonyl (C=O) groups is 1. The number of hydrogen-bond donors (Lipinski definition) is 2. The van der Waals surface area contributed by atoms with Crippen LogP contribution in [0.5, 0.6) is 0 Å². The van der Waals surface area contributed by atoms with E-state index >= 15 is 0 Å². The highest BCUT2D eigenvalue weighted by molar-refractivity contribution is 8.01. The molecule has 0 spiro atoms. The number of likely N-dealkylation sites (N-methyl/N-ethyl adjacent to an activating group) is 1. The fraction of sp³-hybridized carbons (Fsp3) is 0.778. The van der Waals surface area contributed by atoms with Crippen molar-refractivity contribution in [3.63, 3.8) is 0 Å². The minimum atomic E-state index is -0.329. The molecule has 1 amide bonds. The summed E-state index contributed by atoms with van der Waals surface area (Å²) in [5.74, 6) is 1.13. The number of amides is 1. The lowest BCUT2D eigenvalue weighted by Gasteiger charge is -2.27. The van der Waals surface area contributed by atoms with Gasteiger partial charge in [0.2, 0.25) is 5.91 Å². The maximum absolute atomic E-state index is 12.0. The fourth-order valence-corrected chi connectivity index (χ4v) is 3.01. The van der Waals surface area contributed by atoms with Crippen molar-refractivity contribution in [2.24, 2.45) is 10.9 Å². The van der Waals surface area contributed by atoms with Crippen LogP contribution in [0.4, 0.5) is 0 Å². The van der Waals surface area contributed by atoms with Gasteiger partial charge in [0.15, 0.2) is 5.84 Å². The number of oxime groups is 1. The summed E-state index contributed by atoms with van der Waals surface area (Å²) in [6.07, 6.45) is 1.97. The molecule has 86 valence electrons. The van der Waals surface area contributed by atoms with E-state index in [2.05, 4.69) is 5.16 Å². The third-order valence-electron chi connectivity index (χ3n) is 2.55. The van der Waals surface area contributed by atoms with Crippen LogP contribution in [0, 0.1) is 0 Å². The van der Waals surface area contributed by atoms with Crippen molar-refractivity contribution in [1.82, 2.24) is 4.90 Å². The summed E-state index contributed by atoms with van der Waals surface area (Å²) < 4.78 is -0.329. The molecule has 3 N–H and O–H groups in total. The van der Waals surface area contributed by atoms with Crippen LogP contribution in [0.15, 0.2) is 5.16 Å². The van der Waals surface area contributed by atoms with E-state index in [1.165, 1.54) is 4.90 Å². The fourth-order valence-electron chi connectivity index (χ4n) is 1.70. The molecule has 1 heterocycles. The Labute approximate surface area is 93.7 Å². The largest absolute Gasteiger partial charge is 0.409 e. The van der Waals surface area contributed by atoms with Gasteiger partial charge in [-0.25, -0.2) is 0 Å². The van der Waals surface area contributed by atoms with Crippen molar-refractivity contribution in [2.45, 2.75) is 24.5 Å². The normalized spacial score (nSPS) is 26.7. The molecule has 0 aromatic carbocycles. The number of hydrogen-bond acceptors (Lipinski definition) is 4. The van der Waals surface area contributed by atoms with Gasteiger partial charge < -0.3 is 15.8 Å². The van der Waals surface area contributed by atoms with Gasteiger partial charge in [0.25, 0.3) is 0 Å². The topological polar surface area (TPSA) is 78.9 Å². The second-order valence-corrected chi connectivity index (χ2v) is 5.53. The Morgan fingerprint density at radius 2 is 2.40 bits per heavy atom. The van der Waals surface area contributed by atoms with E-state index in [1.54, 1.807) is 18.8 Å². The van der Waals surface area contributed by atoms with Crippen molar-refractivity contribution in [3.05, 3.63) is 0 Å². The van der Waals surface area contributed by atoms with Gasteiger partial charge in [-0.1, -0.05) is 5.16 Å². The van der Waals surface area contributed by atoms with Crippen LogP contribution >= 0.6 is 11.8 Å². The Kier molecular flexibility index (Phi) is 3.84. The van der Waals surface area contributed by atoms with Crippen LogP contribution in [0.2, 0.25) is 0 Å². The van der Waals surface area contributed by atoms with Gasteiger partial charge in [0.1, 0.15) is 0 Å². The first-order valence-electron chi connectivity index (χ1n) is 4.85. The monoisotopic (exact) mass is 231 g/mol. The van der Waals surface area contributed by atoms with Gasteiger partial charge in [-0.05, 0) is 25.5 Å². The van der Waals surface area contributed by atoms with Gasteiger partial charge in [-0.3, -0.25) is 4.79 Å². The third-order valence-corrected chi connectivity index (χ3v) is 4.05. The minimum Gasteiger partial charge on any atom is -0.409 e. The molecule has 0 radical (unpaired) electrons. The number of amidine groups is 1. The van der Waals surface area contributed by atoms with Crippen molar-refractivity contribution >= 4 is 23.5 Å². The van der Waals surface area contributed by atoms with E-state index in [0.717, 1.165) is 18.6 Å². The van der Waals surface area contributed by atoms with Crippen LogP contribution < -0.4 is 5.73 Å². The Morgan fingerprint density at radius 3 is 2.87 bits per heavy atom. The van der Waals surface area contributed by atoms with E-state index in [1.807, 2.05) is 6.92 Å². The van der Waals surface area contributed by atoms with Crippen molar-refractivity contribution in [2.75, 3.05) is 19.3 Å². The lowest BCUT2D eigenvalue weighted by Crippen LogP contribution is -2.45. The molecule has 0 aromatic rings. The van der Waals surface area contributed by atoms with Crippen LogP contribution in [0.3, 0.4) is 0 Å². The Bertz CT molecular complexity index is 275. The number of thioether (sulfide) groups is 1. The maximum Gasteiger partial charge on any atom is 0.238 e. The number of nitrogens with two attached hydrogens (primary N) is 1. The van der Waals surface area contributed by atoms with Crippen molar-refractivity contribution < 1.29 is 10.0 Å². The lowest BCUT2D eigenvalue weighted by molar-refractivity contribution is -0.131. The average Bonchev–Trinajstić information content (AvgIpc) is 2.65. The van der Waals surface area contributed by atoms with Gasteiger partial charge in [-0.15, -0.1) is 11.8 Å². The molecule has 1 aliphatic heterocycles. The molecule has 6 heteroatoms. The number of rotatable bonds is 3. The first-order chi connectivity index (χ1) is 6.99. The molecule has 1 saturated heterocycles. The quantitative estimate of drug-likeness (QED) is 0.320. The van der Waals surface area contributed by atoms with Crippen LogP contribution in [0.25, 0.3) is 0 Å². The van der Waals surface area contributed by atoms with E-state index in [9.17, 15) is 4.79 Å². The summed E-state index contributed by atoms with van der Waals surface area (Å²) in [5.41, 5.74) is 5.35. The van der Waals surface area contributed by atoms with Crippen LogP contribution in [0.1, 0.15) is 19.8 Å². The van der Waals surface area contributed by atoms with E-state index in [4.69, 9.17) is 10.9 Å². The first kappa shape index (κ1) is 12.2. The Morgan fingerprint density at radius 1 is 1.73 bits per heavy atom. The van der Waals surface area contributed by atoms with Gasteiger partial charge in [-0.2, -0.15) is 0 Å². The molecular weight excluding hydrogens is 214 g/mol. The first-order valence-corrected chi connectivity index (χ1v) is 5.84. The lowest BCUT2D eigenvalue weighted by atomic mass is 10.0. The smallest absolute Gasteiger partial charge is 0.238 e. The molecular formula is C9H17N3O2S.